The van der Waals surface area contributed by atoms with E-state index in [-0.39, 0.29) is 7.12 Å². The molecule has 0 amide bonds. The van der Waals surface area contributed by atoms with E-state index in [1.54, 1.807) is 12.4 Å². The Morgan fingerprint density at radius 2 is 1.74 bits per heavy atom. The SMILES string of the molecule is CCCCCCn1ccnc1[N+]1(B(n2ccnc2)n2ccnc2)C=CN=C1. The van der Waals surface area contributed by atoms with E-state index in [0.717, 1.165) is 18.9 Å². The van der Waals surface area contributed by atoms with Gasteiger partial charge in [-0.25, -0.2) is 19.4 Å². The number of aromatic nitrogens is 6. The minimum atomic E-state index is -0.186. The van der Waals surface area contributed by atoms with Gasteiger partial charge in [-0.2, -0.15) is 4.98 Å². The van der Waals surface area contributed by atoms with Crippen LogP contribution in [0.1, 0.15) is 32.6 Å². The molecule has 0 fully saturated rings. The second-order valence-electron chi connectivity index (χ2n) is 6.74. The van der Waals surface area contributed by atoms with Gasteiger partial charge in [0.25, 0.3) is 0 Å². The second kappa shape index (κ2) is 7.75. The Kier molecular flexibility index (Phi) is 5.02. The van der Waals surface area contributed by atoms with Gasteiger partial charge in [0.05, 0.1) is 25.1 Å². The Morgan fingerprint density at radius 1 is 0.963 bits per heavy atom. The van der Waals surface area contributed by atoms with Crippen molar-refractivity contribution in [1.29, 1.82) is 0 Å². The molecule has 1 unspecified atom stereocenters. The molecule has 0 N–H and O–H groups in total. The van der Waals surface area contributed by atoms with Crippen LogP contribution in [0.3, 0.4) is 0 Å². The van der Waals surface area contributed by atoms with Crippen LogP contribution in [-0.2, 0) is 6.54 Å². The van der Waals surface area contributed by atoms with E-state index in [1.807, 2.05) is 43.8 Å². The summed E-state index contributed by atoms with van der Waals surface area (Å²) in [6, 6.07) is 0. The van der Waals surface area contributed by atoms with Crippen molar-refractivity contribution in [3.05, 3.63) is 62.2 Å². The quantitative estimate of drug-likeness (QED) is 0.434. The number of aliphatic imine (C=N–C) groups is 1. The summed E-state index contributed by atoms with van der Waals surface area (Å²) in [5.41, 5.74) is 0. The van der Waals surface area contributed by atoms with E-state index < -0.39 is 0 Å². The molecular formula is C18H24BN8+. The van der Waals surface area contributed by atoms with Gasteiger partial charge in [-0.1, -0.05) is 26.2 Å². The first-order valence-electron chi connectivity index (χ1n) is 9.42. The van der Waals surface area contributed by atoms with Gasteiger partial charge < -0.3 is 8.96 Å². The lowest BCUT2D eigenvalue weighted by atomic mass is 9.85. The molecule has 0 aliphatic carbocycles. The lowest BCUT2D eigenvalue weighted by Gasteiger charge is -2.31. The molecule has 0 saturated carbocycles. The molecule has 0 saturated heterocycles. The third-order valence-electron chi connectivity index (χ3n) is 4.91. The first-order chi connectivity index (χ1) is 13.3. The zero-order valence-corrected chi connectivity index (χ0v) is 15.5. The third-order valence-corrected chi connectivity index (χ3v) is 4.91. The summed E-state index contributed by atoms with van der Waals surface area (Å²) in [5.74, 6) is 0.927. The van der Waals surface area contributed by atoms with Gasteiger partial charge in [-0.15, -0.1) is 0 Å². The Labute approximate surface area is 159 Å². The van der Waals surface area contributed by atoms with Crippen molar-refractivity contribution in [3.8, 4) is 0 Å². The molecule has 8 nitrogen and oxygen atoms in total. The fourth-order valence-electron chi connectivity index (χ4n) is 3.63. The minimum Gasteiger partial charge on any atom is -0.301 e. The van der Waals surface area contributed by atoms with Gasteiger partial charge in [0.2, 0.25) is 0 Å². The number of nitrogens with zero attached hydrogens (tertiary/aromatic N) is 8. The fraction of sp³-hybridized carbons (Fsp3) is 0.333. The van der Waals surface area contributed by atoms with E-state index in [0.29, 0.717) is 4.39 Å². The summed E-state index contributed by atoms with van der Waals surface area (Å²) >= 11 is 0. The fourth-order valence-corrected chi connectivity index (χ4v) is 3.63. The van der Waals surface area contributed by atoms with Crippen molar-refractivity contribution in [3.63, 3.8) is 0 Å². The molecular weight excluding hydrogens is 339 g/mol. The summed E-state index contributed by atoms with van der Waals surface area (Å²) in [5, 5.41) is 0. The highest BCUT2D eigenvalue weighted by Gasteiger charge is 2.52. The molecule has 4 heterocycles. The highest BCUT2D eigenvalue weighted by atomic mass is 15.5. The van der Waals surface area contributed by atoms with Crippen LogP contribution >= 0.6 is 0 Å². The van der Waals surface area contributed by atoms with Crippen molar-refractivity contribution < 1.29 is 0 Å². The standard InChI is InChI=1S/C18H24BN8/c1-2-3-4-5-10-24-11-8-23-18(24)27(14-9-22-17-27)19(25-12-6-20-15-25)26-13-7-21-16-26/h6-9,11-17H,2-5,10H2,1H3/q+1. The Bertz CT molecular complexity index is 848. The van der Waals surface area contributed by atoms with Crippen molar-refractivity contribution in [1.82, 2.24) is 32.9 Å². The maximum Gasteiger partial charge on any atom is 0.693 e. The molecule has 138 valence electrons. The molecule has 0 bridgehead atoms. The van der Waals surface area contributed by atoms with Crippen LogP contribution in [0.15, 0.2) is 67.2 Å². The molecule has 0 aromatic carbocycles. The van der Waals surface area contributed by atoms with Crippen molar-refractivity contribution in [2.45, 2.75) is 39.2 Å². The van der Waals surface area contributed by atoms with Crippen LogP contribution in [0.5, 0.6) is 0 Å². The molecule has 1 aliphatic rings. The minimum absolute atomic E-state index is 0.186. The highest BCUT2D eigenvalue weighted by Crippen LogP contribution is 2.27. The number of imidazole rings is 3. The summed E-state index contributed by atoms with van der Waals surface area (Å²) in [4.78, 5) is 17.7. The molecule has 1 atom stereocenters. The molecule has 0 radical (unpaired) electrons. The maximum atomic E-state index is 4.74. The van der Waals surface area contributed by atoms with Crippen LogP contribution in [0.4, 0.5) is 5.95 Å². The van der Waals surface area contributed by atoms with E-state index in [1.165, 1.54) is 19.3 Å². The van der Waals surface area contributed by atoms with Crippen LogP contribution < -0.4 is 4.39 Å². The lowest BCUT2D eigenvalue weighted by molar-refractivity contribution is 0.559. The zero-order valence-electron chi connectivity index (χ0n) is 15.5. The summed E-state index contributed by atoms with van der Waals surface area (Å²) in [7, 11) is -0.186. The van der Waals surface area contributed by atoms with E-state index in [9.17, 15) is 0 Å². The van der Waals surface area contributed by atoms with Crippen LogP contribution in [0.2, 0.25) is 0 Å². The Balaban J connectivity index is 1.75. The molecule has 4 rings (SSSR count). The normalized spacial score (nSPS) is 18.4. The summed E-state index contributed by atoms with van der Waals surface area (Å²) in [6.07, 6.45) is 25.7. The summed E-state index contributed by atoms with van der Waals surface area (Å²) < 4.78 is 6.69. The molecule has 1 aliphatic heterocycles. The van der Waals surface area contributed by atoms with Gasteiger partial charge in [0.1, 0.15) is 6.20 Å². The van der Waals surface area contributed by atoms with Gasteiger partial charge in [0.15, 0.2) is 6.34 Å². The molecule has 3 aromatic rings. The monoisotopic (exact) mass is 363 g/mol. The summed E-state index contributed by atoms with van der Waals surface area (Å²) in [6.45, 7) is 3.17. The Hall–Kier alpha value is -2.94. The third kappa shape index (κ3) is 3.26. The first-order valence-corrected chi connectivity index (χ1v) is 9.42. The predicted molar refractivity (Wildman–Crippen MR) is 107 cm³/mol. The Morgan fingerprint density at radius 3 is 2.33 bits per heavy atom. The smallest absolute Gasteiger partial charge is 0.301 e. The number of hydrogen-bond acceptors (Lipinski definition) is 4. The largest absolute Gasteiger partial charge is 0.693 e. The second-order valence-corrected chi connectivity index (χ2v) is 6.74. The average molecular weight is 363 g/mol. The molecule has 9 heteroatoms. The van der Waals surface area contributed by atoms with Gasteiger partial charge in [-0.3, -0.25) is 4.57 Å². The van der Waals surface area contributed by atoms with E-state index in [2.05, 4.69) is 47.8 Å². The maximum absolute atomic E-state index is 4.74. The zero-order chi connectivity index (χ0) is 18.5. The van der Waals surface area contributed by atoms with Crippen molar-refractivity contribution in [2.24, 2.45) is 4.99 Å². The number of unbranched alkanes of at least 4 members (excludes halogenated alkanes) is 3. The van der Waals surface area contributed by atoms with Gasteiger partial charge in [0, 0.05) is 37.5 Å². The lowest BCUT2D eigenvalue weighted by Crippen LogP contribution is -2.62. The van der Waals surface area contributed by atoms with Gasteiger partial charge in [-0.05, 0) is 6.42 Å². The molecule has 3 aromatic heterocycles. The van der Waals surface area contributed by atoms with E-state index >= 15 is 0 Å². The van der Waals surface area contributed by atoms with E-state index in [4.69, 9.17) is 4.98 Å². The molecule has 0 spiro atoms. The van der Waals surface area contributed by atoms with Crippen molar-refractivity contribution >= 4 is 19.4 Å². The highest BCUT2D eigenvalue weighted by molar-refractivity contribution is 6.60. The van der Waals surface area contributed by atoms with Gasteiger partial charge >= 0.3 is 13.1 Å². The van der Waals surface area contributed by atoms with Crippen LogP contribution in [-0.4, -0.2) is 41.9 Å². The van der Waals surface area contributed by atoms with Crippen molar-refractivity contribution in [2.75, 3.05) is 0 Å². The van der Waals surface area contributed by atoms with Crippen LogP contribution in [0, 0.1) is 0 Å². The van der Waals surface area contributed by atoms with Crippen LogP contribution in [0.25, 0.3) is 0 Å². The number of quaternary nitrogens is 1. The predicted octanol–water partition coefficient (Wildman–Crippen LogP) is 2.76. The number of aryl methyl sites for hydroxylation is 1. The average Bonchev–Trinajstić information content (AvgIpc) is 3.48. The first kappa shape index (κ1) is 17.5. The number of hydrogen-bond donors (Lipinski definition) is 0. The topological polar surface area (TPSA) is 65.8 Å². The molecule has 27 heavy (non-hydrogen) atoms. The number of rotatable bonds is 9.